The summed E-state index contributed by atoms with van der Waals surface area (Å²) in [6.45, 7) is 4.13. The summed E-state index contributed by atoms with van der Waals surface area (Å²) in [5.74, 6) is 22.1. The Balaban J connectivity index is 0.000000144. The zero-order chi connectivity index (χ0) is 45.5. The fraction of sp³-hybridized carbons (Fsp3) is 0.388. The van der Waals surface area contributed by atoms with E-state index in [0.29, 0.717) is 73.3 Å². The number of nitrogen functional groups attached to an aromatic ring is 3. The minimum atomic E-state index is -0.244. The largest absolute Gasteiger partial charge is 0.497 e. The quantitative estimate of drug-likeness (QED) is 0.128. The van der Waals surface area contributed by atoms with Crippen LogP contribution in [-0.2, 0) is 6.42 Å². The molecule has 0 bridgehead atoms. The summed E-state index contributed by atoms with van der Waals surface area (Å²) in [6.07, 6.45) is 13.5. The molecule has 4 aromatic carbocycles. The van der Waals surface area contributed by atoms with E-state index in [1.54, 1.807) is 38.5 Å². The molecule has 64 heavy (non-hydrogen) atoms. The Morgan fingerprint density at radius 2 is 1.09 bits per heavy atom. The van der Waals surface area contributed by atoms with E-state index in [9.17, 15) is 14.4 Å². The Hall–Kier alpha value is -6.90. The van der Waals surface area contributed by atoms with Crippen molar-refractivity contribution >= 4 is 32.7 Å². The Morgan fingerprint density at radius 3 is 1.66 bits per heavy atom. The maximum Gasteiger partial charge on any atom is 0.280 e. The van der Waals surface area contributed by atoms with Crippen molar-refractivity contribution in [2.45, 2.75) is 103 Å². The van der Waals surface area contributed by atoms with Crippen molar-refractivity contribution in [3.05, 3.63) is 127 Å². The molecular weight excluding hydrogens is 811 g/mol. The van der Waals surface area contributed by atoms with E-state index in [1.807, 2.05) is 43.3 Å². The first-order chi connectivity index (χ1) is 31.0. The van der Waals surface area contributed by atoms with Crippen LogP contribution in [0.3, 0.4) is 0 Å². The number of hydrogen-bond donors (Lipinski definition) is 3. The molecule has 0 radical (unpaired) electrons. The van der Waals surface area contributed by atoms with Crippen LogP contribution in [-0.4, -0.2) is 50.3 Å². The molecule has 3 aromatic heterocycles. The molecule has 6 N–H and O–H groups in total. The van der Waals surface area contributed by atoms with Gasteiger partial charge >= 0.3 is 0 Å². The summed E-state index contributed by atoms with van der Waals surface area (Å²) < 4.78 is 19.2. The van der Waals surface area contributed by atoms with E-state index in [2.05, 4.69) is 34.0 Å². The minimum absolute atomic E-state index is 0.200. The number of hydrogen-bond acceptors (Lipinski definition) is 12. The van der Waals surface area contributed by atoms with Crippen LogP contribution in [0.15, 0.2) is 87.2 Å². The van der Waals surface area contributed by atoms with Crippen LogP contribution in [0.25, 0.3) is 44.1 Å². The van der Waals surface area contributed by atoms with E-state index in [4.69, 9.17) is 31.7 Å². The highest BCUT2D eigenvalue weighted by Gasteiger charge is 2.24. The van der Waals surface area contributed by atoms with Crippen molar-refractivity contribution in [3.8, 4) is 28.6 Å². The topological polar surface area (TPSA) is 210 Å². The summed E-state index contributed by atoms with van der Waals surface area (Å²) in [4.78, 5) is 51.2. The SMILES string of the molecule is CCCc1ccc(-c2nc3cc(C)ccc3c(=O)n2N)cc1.COc1cc2nc(C3CCCCC3)n(N)c(=O)c2cc1OC.COc1ccc2nc(C3CCCCC3)n(N)c(=O)c2c1. The van der Waals surface area contributed by atoms with E-state index in [1.165, 1.54) is 47.7 Å². The first kappa shape index (κ1) is 45.1. The van der Waals surface area contributed by atoms with Gasteiger partial charge in [-0.25, -0.2) is 29.0 Å². The molecule has 0 spiro atoms. The van der Waals surface area contributed by atoms with Crippen LogP contribution in [0.5, 0.6) is 17.2 Å². The predicted molar refractivity (Wildman–Crippen MR) is 254 cm³/mol. The van der Waals surface area contributed by atoms with Crippen molar-refractivity contribution < 1.29 is 14.2 Å². The van der Waals surface area contributed by atoms with E-state index in [0.717, 1.165) is 67.2 Å². The molecule has 0 aliphatic heterocycles. The van der Waals surface area contributed by atoms with Gasteiger partial charge in [0.1, 0.15) is 17.4 Å². The number of nitrogens with two attached hydrogens (primary N) is 3. The maximum absolute atomic E-state index is 12.6. The lowest BCUT2D eigenvalue weighted by molar-refractivity contribution is 0.355. The summed E-state index contributed by atoms with van der Waals surface area (Å²) in [5.41, 5.74) is 4.50. The van der Waals surface area contributed by atoms with Crippen molar-refractivity contribution in [2.75, 3.05) is 38.9 Å². The van der Waals surface area contributed by atoms with Crippen LogP contribution in [0.2, 0.25) is 0 Å². The van der Waals surface area contributed by atoms with Gasteiger partial charge in [0.15, 0.2) is 17.3 Å². The molecule has 2 aliphatic rings. The van der Waals surface area contributed by atoms with E-state index < -0.39 is 0 Å². The highest BCUT2D eigenvalue weighted by molar-refractivity contribution is 5.83. The summed E-state index contributed by atoms with van der Waals surface area (Å²) in [6, 6.07) is 22.3. The van der Waals surface area contributed by atoms with Gasteiger partial charge in [-0.15, -0.1) is 0 Å². The van der Waals surface area contributed by atoms with Gasteiger partial charge in [0.2, 0.25) is 0 Å². The molecule has 0 unspecified atom stereocenters. The number of benzene rings is 4. The molecule has 15 heteroatoms. The molecule has 0 amide bonds. The van der Waals surface area contributed by atoms with Gasteiger partial charge in [-0.05, 0) is 86.6 Å². The molecule has 2 fully saturated rings. The van der Waals surface area contributed by atoms with Crippen molar-refractivity contribution in [1.29, 1.82) is 0 Å². The first-order valence-corrected chi connectivity index (χ1v) is 22.1. The van der Waals surface area contributed by atoms with Crippen LogP contribution >= 0.6 is 0 Å². The standard InChI is InChI=1S/C18H19N3O.C16H21N3O3.C15H19N3O2/c1-3-4-13-6-8-14(9-7-13)17-20-16-11-12(2)5-10-15(16)18(22)21(17)19;1-21-13-8-11-12(9-14(13)22-2)18-15(19(17)16(11)20)10-6-4-3-5-7-10;1-20-11-7-8-13-12(9-11)15(19)18(16)14(17-13)10-5-3-2-4-6-10/h5-11H,3-4,19H2,1-2H3;8-10H,3-7,17H2,1-2H3;7-10H,2-6,16H2,1H3. The number of rotatable bonds is 8. The number of fused-ring (bicyclic) bond motifs is 3. The average Bonchev–Trinajstić information content (AvgIpc) is 3.33. The van der Waals surface area contributed by atoms with E-state index >= 15 is 0 Å². The Kier molecular flexibility index (Phi) is 14.2. The second-order valence-corrected chi connectivity index (χ2v) is 16.6. The second kappa shape index (κ2) is 20.1. The molecular formula is C49H59N9O6. The molecule has 0 atom stereocenters. The Bertz CT molecular complexity index is 2950. The summed E-state index contributed by atoms with van der Waals surface area (Å²) in [7, 11) is 4.68. The highest BCUT2D eigenvalue weighted by atomic mass is 16.5. The molecule has 2 saturated carbocycles. The Morgan fingerprint density at radius 1 is 0.562 bits per heavy atom. The monoisotopic (exact) mass is 869 g/mol. The van der Waals surface area contributed by atoms with Crippen LogP contribution < -0.4 is 48.4 Å². The average molecular weight is 870 g/mol. The van der Waals surface area contributed by atoms with Crippen molar-refractivity contribution in [2.24, 2.45) is 0 Å². The van der Waals surface area contributed by atoms with Crippen LogP contribution in [0.1, 0.15) is 112 Å². The minimum Gasteiger partial charge on any atom is -0.497 e. The van der Waals surface area contributed by atoms with Crippen LogP contribution in [0.4, 0.5) is 0 Å². The molecule has 7 aromatic rings. The zero-order valence-electron chi connectivity index (χ0n) is 37.4. The van der Waals surface area contributed by atoms with Gasteiger partial charge in [-0.3, -0.25) is 14.4 Å². The fourth-order valence-electron chi connectivity index (χ4n) is 8.78. The van der Waals surface area contributed by atoms with Gasteiger partial charge in [-0.2, -0.15) is 0 Å². The molecule has 3 heterocycles. The third kappa shape index (κ3) is 9.53. The number of methoxy groups -OCH3 is 3. The number of aryl methyl sites for hydroxylation is 2. The number of ether oxygens (including phenoxy) is 3. The smallest absolute Gasteiger partial charge is 0.280 e. The lowest BCUT2D eigenvalue weighted by Gasteiger charge is -2.23. The van der Waals surface area contributed by atoms with E-state index in [-0.39, 0.29) is 22.6 Å². The fourth-order valence-corrected chi connectivity index (χ4v) is 8.78. The first-order valence-electron chi connectivity index (χ1n) is 22.1. The van der Waals surface area contributed by atoms with Gasteiger partial charge in [-0.1, -0.05) is 82.2 Å². The normalized spacial score (nSPS) is 14.4. The molecule has 336 valence electrons. The molecule has 0 saturated heterocycles. The van der Waals surface area contributed by atoms with Crippen LogP contribution in [0, 0.1) is 6.92 Å². The van der Waals surface area contributed by atoms with Crippen molar-refractivity contribution in [1.82, 2.24) is 29.0 Å². The maximum atomic E-state index is 12.6. The molecule has 9 rings (SSSR count). The zero-order valence-corrected chi connectivity index (χ0v) is 37.4. The second-order valence-electron chi connectivity index (χ2n) is 16.6. The molecule has 15 nitrogen and oxygen atoms in total. The highest BCUT2D eigenvalue weighted by Crippen LogP contribution is 2.34. The predicted octanol–water partition coefficient (Wildman–Crippen LogP) is 7.38. The lowest BCUT2D eigenvalue weighted by atomic mass is 9.88. The van der Waals surface area contributed by atoms with Crippen molar-refractivity contribution in [3.63, 3.8) is 0 Å². The van der Waals surface area contributed by atoms with Gasteiger partial charge in [0, 0.05) is 23.5 Å². The van der Waals surface area contributed by atoms with Gasteiger partial charge < -0.3 is 31.7 Å². The number of nitrogens with zero attached hydrogens (tertiary/aromatic N) is 6. The third-order valence-corrected chi connectivity index (χ3v) is 12.3. The van der Waals surface area contributed by atoms with Gasteiger partial charge in [0.25, 0.3) is 16.7 Å². The summed E-state index contributed by atoms with van der Waals surface area (Å²) >= 11 is 0. The Labute approximate surface area is 371 Å². The summed E-state index contributed by atoms with van der Waals surface area (Å²) in [5, 5.41) is 1.49. The third-order valence-electron chi connectivity index (χ3n) is 12.3. The molecule has 2 aliphatic carbocycles. The lowest BCUT2D eigenvalue weighted by Crippen LogP contribution is -2.33. The number of aromatic nitrogens is 6. The van der Waals surface area contributed by atoms with Gasteiger partial charge in [0.05, 0.1) is 54.0 Å².